The summed E-state index contributed by atoms with van der Waals surface area (Å²) in [6, 6.07) is 12.6. The fourth-order valence-electron chi connectivity index (χ4n) is 2.11. The summed E-state index contributed by atoms with van der Waals surface area (Å²) >= 11 is 1.40. The normalized spacial score (nSPS) is 13.0. The van der Waals surface area contributed by atoms with Crippen molar-refractivity contribution in [2.45, 2.75) is 19.6 Å². The predicted molar refractivity (Wildman–Crippen MR) is 88.6 cm³/mol. The Bertz CT molecular complexity index is 595. The van der Waals surface area contributed by atoms with E-state index in [9.17, 15) is 9.77 Å². The number of hydrogen-bond acceptors (Lipinski definition) is 6. The standard InChI is InChI=1S/C15H20NO4PS/c1-3-19-21(18,20-4-2)15(14-11-8-12-22-14)16(17)13-9-6-5-7-10-13/h5-12,15,17H,3-4H2,1-2H3. The Balaban J connectivity index is 2.45. The third-order valence-corrected chi connectivity index (χ3v) is 6.40. The molecule has 0 amide bonds. The van der Waals surface area contributed by atoms with Crippen LogP contribution < -0.4 is 5.06 Å². The molecule has 0 fully saturated rings. The molecule has 0 saturated heterocycles. The van der Waals surface area contributed by atoms with Crippen molar-refractivity contribution in [3.8, 4) is 0 Å². The maximum absolute atomic E-state index is 13.2. The molecule has 7 heteroatoms. The van der Waals surface area contributed by atoms with Crippen molar-refractivity contribution in [3.05, 3.63) is 52.7 Å². The minimum absolute atomic E-state index is 0.238. The van der Waals surface area contributed by atoms with Crippen LogP contribution in [0.3, 0.4) is 0 Å². The number of anilines is 1. The van der Waals surface area contributed by atoms with E-state index < -0.39 is 13.4 Å². The fraction of sp³-hybridized carbons (Fsp3) is 0.333. The fourth-order valence-corrected chi connectivity index (χ4v) is 5.25. The molecule has 0 bridgehead atoms. The van der Waals surface area contributed by atoms with Crippen molar-refractivity contribution in [2.24, 2.45) is 0 Å². The zero-order valence-corrected chi connectivity index (χ0v) is 14.3. The first-order valence-electron chi connectivity index (χ1n) is 7.07. The summed E-state index contributed by atoms with van der Waals surface area (Å²) in [7, 11) is -3.55. The van der Waals surface area contributed by atoms with Crippen LogP contribution in [0.25, 0.3) is 0 Å². The molecule has 0 saturated carbocycles. The van der Waals surface area contributed by atoms with Gasteiger partial charge in [-0.15, -0.1) is 11.3 Å². The summed E-state index contributed by atoms with van der Waals surface area (Å²) in [5.74, 6) is -0.894. The van der Waals surface area contributed by atoms with E-state index >= 15 is 0 Å². The summed E-state index contributed by atoms with van der Waals surface area (Å²) < 4.78 is 24.1. The van der Waals surface area contributed by atoms with Gasteiger partial charge in [0.1, 0.15) is 0 Å². The lowest BCUT2D eigenvalue weighted by molar-refractivity contribution is 0.180. The van der Waals surface area contributed by atoms with Crippen LogP contribution in [-0.2, 0) is 13.6 Å². The van der Waals surface area contributed by atoms with Gasteiger partial charge in [-0.3, -0.25) is 9.77 Å². The highest BCUT2D eigenvalue weighted by atomic mass is 32.1. The van der Waals surface area contributed by atoms with Gasteiger partial charge >= 0.3 is 7.60 Å². The highest BCUT2D eigenvalue weighted by Gasteiger charge is 2.42. The van der Waals surface area contributed by atoms with Gasteiger partial charge in [0.25, 0.3) is 0 Å². The first-order valence-corrected chi connectivity index (χ1v) is 9.57. The lowest BCUT2D eigenvalue weighted by Crippen LogP contribution is -2.26. The van der Waals surface area contributed by atoms with Gasteiger partial charge in [-0.1, -0.05) is 24.3 Å². The van der Waals surface area contributed by atoms with Crippen LogP contribution in [0.15, 0.2) is 47.8 Å². The van der Waals surface area contributed by atoms with E-state index in [-0.39, 0.29) is 13.2 Å². The van der Waals surface area contributed by atoms with Crippen LogP contribution >= 0.6 is 18.9 Å². The van der Waals surface area contributed by atoms with Gasteiger partial charge in [0.05, 0.1) is 18.9 Å². The quantitative estimate of drug-likeness (QED) is 0.546. The minimum atomic E-state index is -3.55. The topological polar surface area (TPSA) is 59.0 Å². The number of rotatable bonds is 8. The highest BCUT2D eigenvalue weighted by molar-refractivity contribution is 7.54. The Morgan fingerprint density at radius 1 is 1.14 bits per heavy atom. The van der Waals surface area contributed by atoms with Gasteiger partial charge in [0, 0.05) is 4.88 Å². The molecule has 5 nitrogen and oxygen atoms in total. The average molecular weight is 341 g/mol. The van der Waals surface area contributed by atoms with Gasteiger partial charge in [0.2, 0.25) is 0 Å². The second-order valence-corrected chi connectivity index (χ2v) is 7.51. The van der Waals surface area contributed by atoms with Gasteiger partial charge in [-0.2, -0.15) is 0 Å². The zero-order chi connectivity index (χ0) is 16.0. The van der Waals surface area contributed by atoms with Gasteiger partial charge < -0.3 is 9.05 Å². The monoisotopic (exact) mass is 341 g/mol. The molecule has 1 heterocycles. The molecule has 1 unspecified atom stereocenters. The van der Waals surface area contributed by atoms with Gasteiger partial charge in [-0.05, 0) is 37.4 Å². The molecule has 2 aromatic rings. The average Bonchev–Trinajstić information content (AvgIpc) is 3.02. The van der Waals surface area contributed by atoms with Crippen LogP contribution in [0.2, 0.25) is 0 Å². The second-order valence-electron chi connectivity index (χ2n) is 4.44. The molecule has 0 spiro atoms. The molecule has 0 aliphatic carbocycles. The van der Waals surface area contributed by atoms with Crippen molar-refractivity contribution in [2.75, 3.05) is 18.3 Å². The van der Waals surface area contributed by atoms with E-state index in [1.165, 1.54) is 11.3 Å². The summed E-state index contributed by atoms with van der Waals surface area (Å²) in [6.45, 7) is 3.98. The summed E-state index contributed by atoms with van der Waals surface area (Å²) in [5.41, 5.74) is 0.528. The second kappa shape index (κ2) is 7.90. The molecule has 120 valence electrons. The Morgan fingerprint density at radius 2 is 1.77 bits per heavy atom. The summed E-state index contributed by atoms with van der Waals surface area (Å²) in [5, 5.41) is 13.5. The van der Waals surface area contributed by atoms with Crippen molar-refractivity contribution in [3.63, 3.8) is 0 Å². The summed E-state index contributed by atoms with van der Waals surface area (Å²) in [4.78, 5) is 0.719. The van der Waals surface area contributed by atoms with E-state index in [4.69, 9.17) is 9.05 Å². The van der Waals surface area contributed by atoms with Crippen LogP contribution in [0.5, 0.6) is 0 Å². The molecule has 22 heavy (non-hydrogen) atoms. The van der Waals surface area contributed by atoms with Crippen LogP contribution in [0.1, 0.15) is 24.5 Å². The maximum atomic E-state index is 13.2. The molecule has 1 atom stereocenters. The maximum Gasteiger partial charge on any atom is 0.360 e. The number of hydroxylamine groups is 1. The first kappa shape index (κ1) is 17.2. The summed E-state index contributed by atoms with van der Waals surface area (Å²) in [6.07, 6.45) is 0. The smallest absolute Gasteiger partial charge is 0.307 e. The Labute approximate surface area is 134 Å². The van der Waals surface area contributed by atoms with Crippen molar-refractivity contribution >= 4 is 24.6 Å². The molecule has 0 aliphatic rings. The van der Waals surface area contributed by atoms with Crippen LogP contribution in [0, 0.1) is 0 Å². The predicted octanol–water partition coefficient (Wildman–Crippen LogP) is 4.91. The van der Waals surface area contributed by atoms with E-state index in [2.05, 4.69) is 0 Å². The third kappa shape index (κ3) is 3.77. The third-order valence-electron chi connectivity index (χ3n) is 2.97. The number of para-hydroxylation sites is 1. The molecule has 0 radical (unpaired) electrons. The SMILES string of the molecule is CCOP(=O)(OCC)C(c1cccs1)N(O)c1ccccc1. The van der Waals surface area contributed by atoms with E-state index in [1.54, 1.807) is 38.1 Å². The molecule has 1 N–H and O–H groups in total. The molecule has 1 aromatic heterocycles. The van der Waals surface area contributed by atoms with Crippen molar-refractivity contribution in [1.82, 2.24) is 0 Å². The van der Waals surface area contributed by atoms with Gasteiger partial charge in [0.15, 0.2) is 5.78 Å². The molecular formula is C15H20NO4PS. The van der Waals surface area contributed by atoms with Crippen molar-refractivity contribution in [1.29, 1.82) is 0 Å². The first-order chi connectivity index (χ1) is 10.6. The van der Waals surface area contributed by atoms with Crippen LogP contribution in [-0.4, -0.2) is 18.4 Å². The highest BCUT2D eigenvalue weighted by Crippen LogP contribution is 2.63. The molecular weight excluding hydrogens is 321 g/mol. The van der Waals surface area contributed by atoms with E-state index in [1.807, 2.05) is 23.6 Å². The molecule has 1 aromatic carbocycles. The Morgan fingerprint density at radius 3 is 2.27 bits per heavy atom. The molecule has 0 aliphatic heterocycles. The van der Waals surface area contributed by atoms with Crippen LogP contribution in [0.4, 0.5) is 5.69 Å². The Hall–Kier alpha value is -1.17. The molecule has 2 rings (SSSR count). The number of hydrogen-bond donors (Lipinski definition) is 1. The minimum Gasteiger partial charge on any atom is -0.307 e. The van der Waals surface area contributed by atoms with E-state index in [0.29, 0.717) is 5.69 Å². The largest absolute Gasteiger partial charge is 0.360 e. The number of nitrogens with zero attached hydrogens (tertiary/aromatic N) is 1. The van der Waals surface area contributed by atoms with Gasteiger partial charge in [-0.25, -0.2) is 5.06 Å². The zero-order valence-electron chi connectivity index (χ0n) is 12.6. The lowest BCUT2D eigenvalue weighted by Gasteiger charge is -2.32. The lowest BCUT2D eigenvalue weighted by atomic mass is 10.3. The number of benzene rings is 1. The van der Waals surface area contributed by atoms with E-state index in [0.717, 1.165) is 9.94 Å². The van der Waals surface area contributed by atoms with Crippen molar-refractivity contribution < 1.29 is 18.8 Å². The Kier molecular flexibility index (Phi) is 6.17. The number of thiophene rings is 1.